The Morgan fingerprint density at radius 3 is 2.75 bits per heavy atom. The second kappa shape index (κ2) is 7.21. The third-order valence-electron chi connectivity index (χ3n) is 5.02. The number of anilines is 1. The third-order valence-corrected chi connectivity index (χ3v) is 5.02. The van der Waals surface area contributed by atoms with Crippen LogP contribution in [0.3, 0.4) is 0 Å². The SMILES string of the molecule is CC(C)(C)c1nnc2ccc(N3CC(CNCc4cccc(C#N)c4)C3)nn12. The monoisotopic (exact) mass is 375 g/mol. The summed E-state index contributed by atoms with van der Waals surface area (Å²) in [6, 6.07) is 13.9. The normalized spacial score (nSPS) is 14.9. The number of nitrogens with one attached hydrogen (secondary N) is 1. The van der Waals surface area contributed by atoms with Crippen molar-refractivity contribution in [3.05, 3.63) is 53.3 Å². The smallest absolute Gasteiger partial charge is 0.178 e. The summed E-state index contributed by atoms with van der Waals surface area (Å²) in [6.07, 6.45) is 0. The van der Waals surface area contributed by atoms with Gasteiger partial charge in [-0.25, -0.2) is 0 Å². The molecule has 0 saturated carbocycles. The zero-order chi connectivity index (χ0) is 19.7. The van der Waals surface area contributed by atoms with Crippen molar-refractivity contribution in [1.82, 2.24) is 25.1 Å². The van der Waals surface area contributed by atoms with Crippen molar-refractivity contribution in [3.63, 3.8) is 0 Å². The number of hydrogen-bond donors (Lipinski definition) is 1. The Hall–Kier alpha value is -2.98. The Morgan fingerprint density at radius 2 is 2.00 bits per heavy atom. The first-order chi connectivity index (χ1) is 13.4. The lowest BCUT2D eigenvalue weighted by molar-refractivity contribution is 0.380. The number of nitriles is 1. The van der Waals surface area contributed by atoms with Crippen LogP contribution in [0.1, 0.15) is 37.7 Å². The quantitative estimate of drug-likeness (QED) is 0.738. The summed E-state index contributed by atoms with van der Waals surface area (Å²) in [5.74, 6) is 2.44. The highest BCUT2D eigenvalue weighted by Crippen LogP contribution is 2.25. The number of benzene rings is 1. The van der Waals surface area contributed by atoms with E-state index in [4.69, 9.17) is 10.4 Å². The van der Waals surface area contributed by atoms with Gasteiger partial charge in [-0.3, -0.25) is 0 Å². The Labute approximate surface area is 165 Å². The standard InChI is InChI=1S/C21H25N7/c1-21(2,3)20-25-24-18-7-8-19(26-28(18)20)27-13-17(14-27)12-23-11-16-6-4-5-15(9-16)10-22/h4-9,17,23H,11-14H2,1-3H3. The molecule has 1 N–H and O–H groups in total. The lowest BCUT2D eigenvalue weighted by atomic mass is 9.96. The van der Waals surface area contributed by atoms with Crippen LogP contribution in [0.4, 0.5) is 5.82 Å². The van der Waals surface area contributed by atoms with E-state index in [9.17, 15) is 0 Å². The van der Waals surface area contributed by atoms with Gasteiger partial charge in [0.15, 0.2) is 11.5 Å². The van der Waals surface area contributed by atoms with Gasteiger partial charge in [-0.2, -0.15) is 9.78 Å². The van der Waals surface area contributed by atoms with Crippen LogP contribution in [-0.2, 0) is 12.0 Å². The summed E-state index contributed by atoms with van der Waals surface area (Å²) in [5, 5.41) is 25.8. The van der Waals surface area contributed by atoms with E-state index in [0.717, 1.165) is 49.0 Å². The van der Waals surface area contributed by atoms with Gasteiger partial charge in [-0.1, -0.05) is 32.9 Å². The molecule has 28 heavy (non-hydrogen) atoms. The number of rotatable bonds is 5. The zero-order valence-electron chi connectivity index (χ0n) is 16.6. The van der Waals surface area contributed by atoms with E-state index in [1.165, 1.54) is 0 Å². The molecule has 0 amide bonds. The fraction of sp³-hybridized carbons (Fsp3) is 0.429. The van der Waals surface area contributed by atoms with Crippen LogP contribution in [0.2, 0.25) is 0 Å². The summed E-state index contributed by atoms with van der Waals surface area (Å²) < 4.78 is 1.86. The summed E-state index contributed by atoms with van der Waals surface area (Å²) in [6.45, 7) is 10.1. The molecule has 1 aromatic carbocycles. The minimum Gasteiger partial charge on any atom is -0.354 e. The average molecular weight is 375 g/mol. The first kappa shape index (κ1) is 18.4. The van der Waals surface area contributed by atoms with Gasteiger partial charge in [0, 0.05) is 37.5 Å². The molecule has 4 rings (SSSR count). The molecular formula is C21H25N7. The second-order valence-corrected chi connectivity index (χ2v) is 8.45. The molecule has 7 nitrogen and oxygen atoms in total. The molecule has 2 aromatic heterocycles. The fourth-order valence-corrected chi connectivity index (χ4v) is 3.47. The van der Waals surface area contributed by atoms with Crippen molar-refractivity contribution in [1.29, 1.82) is 5.26 Å². The van der Waals surface area contributed by atoms with Gasteiger partial charge in [0.1, 0.15) is 5.82 Å². The van der Waals surface area contributed by atoms with Gasteiger partial charge >= 0.3 is 0 Å². The number of fused-ring (bicyclic) bond motifs is 1. The molecule has 3 heterocycles. The van der Waals surface area contributed by atoms with E-state index in [-0.39, 0.29) is 5.41 Å². The van der Waals surface area contributed by atoms with Gasteiger partial charge in [-0.15, -0.1) is 15.3 Å². The average Bonchev–Trinajstić information content (AvgIpc) is 3.07. The van der Waals surface area contributed by atoms with E-state index in [1.54, 1.807) is 0 Å². The molecule has 0 bridgehead atoms. The van der Waals surface area contributed by atoms with E-state index in [0.29, 0.717) is 11.5 Å². The van der Waals surface area contributed by atoms with Crippen molar-refractivity contribution in [2.75, 3.05) is 24.5 Å². The Balaban J connectivity index is 1.33. The van der Waals surface area contributed by atoms with E-state index < -0.39 is 0 Å². The van der Waals surface area contributed by atoms with Crippen molar-refractivity contribution in [2.24, 2.45) is 5.92 Å². The molecule has 0 aliphatic carbocycles. The van der Waals surface area contributed by atoms with E-state index in [2.05, 4.69) is 47.3 Å². The van der Waals surface area contributed by atoms with Gasteiger partial charge < -0.3 is 10.2 Å². The molecule has 144 valence electrons. The maximum atomic E-state index is 8.98. The summed E-state index contributed by atoms with van der Waals surface area (Å²) >= 11 is 0. The Morgan fingerprint density at radius 1 is 1.18 bits per heavy atom. The lowest BCUT2D eigenvalue weighted by Crippen LogP contribution is -2.51. The predicted octanol–water partition coefficient (Wildman–Crippen LogP) is 2.52. The molecule has 7 heteroatoms. The van der Waals surface area contributed by atoms with Crippen LogP contribution in [0.5, 0.6) is 0 Å². The van der Waals surface area contributed by atoms with Crippen molar-refractivity contribution in [3.8, 4) is 6.07 Å². The minimum atomic E-state index is -0.102. The van der Waals surface area contributed by atoms with Crippen molar-refractivity contribution < 1.29 is 0 Å². The largest absolute Gasteiger partial charge is 0.354 e. The highest BCUT2D eigenvalue weighted by atomic mass is 15.4. The first-order valence-corrected chi connectivity index (χ1v) is 9.62. The van der Waals surface area contributed by atoms with Crippen LogP contribution in [-0.4, -0.2) is 39.4 Å². The maximum absolute atomic E-state index is 8.98. The maximum Gasteiger partial charge on any atom is 0.178 e. The molecule has 1 fully saturated rings. The number of aromatic nitrogens is 4. The Kier molecular flexibility index (Phi) is 4.73. The van der Waals surface area contributed by atoms with E-state index in [1.807, 2.05) is 40.9 Å². The van der Waals surface area contributed by atoms with Crippen LogP contribution in [0.15, 0.2) is 36.4 Å². The van der Waals surface area contributed by atoms with Crippen LogP contribution < -0.4 is 10.2 Å². The van der Waals surface area contributed by atoms with Crippen molar-refractivity contribution >= 4 is 11.5 Å². The highest BCUT2D eigenvalue weighted by Gasteiger charge is 2.28. The van der Waals surface area contributed by atoms with Crippen LogP contribution in [0, 0.1) is 17.2 Å². The van der Waals surface area contributed by atoms with Gasteiger partial charge in [0.05, 0.1) is 11.6 Å². The summed E-state index contributed by atoms with van der Waals surface area (Å²) in [4.78, 5) is 2.29. The fourth-order valence-electron chi connectivity index (χ4n) is 3.47. The van der Waals surface area contributed by atoms with Gasteiger partial charge in [0.2, 0.25) is 0 Å². The number of hydrogen-bond acceptors (Lipinski definition) is 6. The molecule has 3 aromatic rings. The topological polar surface area (TPSA) is 82.1 Å². The predicted molar refractivity (Wildman–Crippen MR) is 108 cm³/mol. The second-order valence-electron chi connectivity index (χ2n) is 8.45. The van der Waals surface area contributed by atoms with Crippen molar-refractivity contribution in [2.45, 2.75) is 32.7 Å². The molecule has 0 spiro atoms. The molecule has 1 aliphatic rings. The summed E-state index contributed by atoms with van der Waals surface area (Å²) in [5.41, 5.74) is 2.53. The van der Waals surface area contributed by atoms with Crippen LogP contribution >= 0.6 is 0 Å². The first-order valence-electron chi connectivity index (χ1n) is 9.62. The van der Waals surface area contributed by atoms with Crippen LogP contribution in [0.25, 0.3) is 5.65 Å². The molecule has 0 radical (unpaired) electrons. The highest BCUT2D eigenvalue weighted by molar-refractivity contribution is 5.47. The zero-order valence-corrected chi connectivity index (χ0v) is 16.6. The molecular weight excluding hydrogens is 350 g/mol. The number of nitrogens with zero attached hydrogens (tertiary/aromatic N) is 6. The molecule has 0 atom stereocenters. The molecule has 1 saturated heterocycles. The Bertz CT molecular complexity index is 1020. The lowest BCUT2D eigenvalue weighted by Gasteiger charge is -2.40. The van der Waals surface area contributed by atoms with Gasteiger partial charge in [0.25, 0.3) is 0 Å². The van der Waals surface area contributed by atoms with E-state index >= 15 is 0 Å². The third kappa shape index (κ3) is 3.69. The molecule has 1 aliphatic heterocycles. The van der Waals surface area contributed by atoms with Gasteiger partial charge in [-0.05, 0) is 29.8 Å². The summed E-state index contributed by atoms with van der Waals surface area (Å²) in [7, 11) is 0. The molecule has 0 unspecified atom stereocenters. The minimum absolute atomic E-state index is 0.102.